The molecule has 5 nitrogen and oxygen atoms in total. The van der Waals surface area contributed by atoms with Gasteiger partial charge >= 0.3 is 0 Å². The average molecular weight is 439 g/mol. The number of aliphatic imine (C=N–C) groups is 1. The third-order valence-electron chi connectivity index (χ3n) is 4.94. The number of halogens is 1. The highest BCUT2D eigenvalue weighted by molar-refractivity contribution is 14.0. The van der Waals surface area contributed by atoms with Crippen molar-refractivity contribution in [1.29, 1.82) is 0 Å². The van der Waals surface area contributed by atoms with Crippen molar-refractivity contribution in [2.75, 3.05) is 40.0 Å². The molecule has 1 atom stereocenters. The van der Waals surface area contributed by atoms with Crippen molar-refractivity contribution in [2.45, 2.75) is 58.0 Å². The van der Waals surface area contributed by atoms with Gasteiger partial charge < -0.3 is 20.1 Å². The zero-order valence-corrected chi connectivity index (χ0v) is 17.1. The van der Waals surface area contributed by atoms with E-state index in [1.165, 1.54) is 32.1 Å². The molecule has 2 rings (SSSR count). The van der Waals surface area contributed by atoms with Crippen molar-refractivity contribution < 1.29 is 9.47 Å². The summed E-state index contributed by atoms with van der Waals surface area (Å²) in [5.74, 6) is 0.932. The Balaban J connectivity index is 0.00000264. The van der Waals surface area contributed by atoms with Crippen LogP contribution in [0.1, 0.15) is 51.9 Å². The number of hydrogen-bond donors (Lipinski definition) is 2. The number of nitrogens with one attached hydrogen (secondary N) is 2. The lowest BCUT2D eigenvalue weighted by atomic mass is 9.83. The maximum absolute atomic E-state index is 5.67. The smallest absolute Gasteiger partial charge is 0.191 e. The van der Waals surface area contributed by atoms with E-state index < -0.39 is 0 Å². The summed E-state index contributed by atoms with van der Waals surface area (Å²) in [6, 6.07) is 0. The van der Waals surface area contributed by atoms with E-state index in [0.717, 1.165) is 51.6 Å². The quantitative estimate of drug-likeness (QED) is 0.347. The molecule has 0 amide bonds. The first-order chi connectivity index (χ1) is 10.8. The van der Waals surface area contributed by atoms with Gasteiger partial charge in [0.25, 0.3) is 0 Å². The summed E-state index contributed by atoms with van der Waals surface area (Å²) in [6.45, 7) is 6.51. The van der Waals surface area contributed by atoms with Gasteiger partial charge in [0.05, 0.1) is 6.10 Å². The molecule has 1 heterocycles. The highest BCUT2D eigenvalue weighted by Crippen LogP contribution is 2.41. The molecule has 0 aromatic heterocycles. The van der Waals surface area contributed by atoms with Gasteiger partial charge in [-0.25, -0.2) is 0 Å². The molecule has 2 N–H and O–H groups in total. The Labute approximate surface area is 158 Å². The van der Waals surface area contributed by atoms with Crippen LogP contribution in [0.5, 0.6) is 0 Å². The zero-order chi connectivity index (χ0) is 15.7. The minimum Gasteiger partial charge on any atom is -0.385 e. The fourth-order valence-electron chi connectivity index (χ4n) is 3.54. The molecule has 0 radical (unpaired) electrons. The Morgan fingerprint density at radius 2 is 2.04 bits per heavy atom. The lowest BCUT2D eigenvalue weighted by Gasteiger charge is -2.27. The first kappa shape index (κ1) is 21.0. The zero-order valence-electron chi connectivity index (χ0n) is 14.7. The normalized spacial score (nSPS) is 23.6. The molecular formula is C17H34IN3O2. The summed E-state index contributed by atoms with van der Waals surface area (Å²) in [5.41, 5.74) is 0.349. The van der Waals surface area contributed by atoms with E-state index in [4.69, 9.17) is 14.5 Å². The molecule has 2 fully saturated rings. The number of guanidine groups is 1. The summed E-state index contributed by atoms with van der Waals surface area (Å²) in [7, 11) is 1.79. The van der Waals surface area contributed by atoms with Crippen molar-refractivity contribution in [3.8, 4) is 0 Å². The van der Waals surface area contributed by atoms with E-state index in [1.807, 2.05) is 0 Å². The van der Waals surface area contributed by atoms with Crippen molar-refractivity contribution in [3.05, 3.63) is 0 Å². The second-order valence-electron chi connectivity index (χ2n) is 6.66. The third-order valence-corrected chi connectivity index (χ3v) is 4.94. The predicted molar refractivity (Wildman–Crippen MR) is 106 cm³/mol. The summed E-state index contributed by atoms with van der Waals surface area (Å²) >= 11 is 0. The first-order valence-corrected chi connectivity index (χ1v) is 8.91. The standard InChI is InChI=1S/C17H33N3O2.HI/c1-3-18-16(19-13-15-7-6-11-22-15)20-14-17(10-12-21-2)8-4-5-9-17;/h15H,3-14H2,1-2H3,(H2,18,19,20);1H. The molecule has 0 bridgehead atoms. The molecule has 0 aromatic carbocycles. The van der Waals surface area contributed by atoms with Crippen LogP contribution in [0.2, 0.25) is 0 Å². The number of methoxy groups -OCH3 is 1. The molecule has 1 saturated carbocycles. The molecule has 1 unspecified atom stereocenters. The lowest BCUT2D eigenvalue weighted by Crippen LogP contribution is -2.41. The molecule has 1 saturated heterocycles. The van der Waals surface area contributed by atoms with E-state index >= 15 is 0 Å². The predicted octanol–water partition coefficient (Wildman–Crippen LogP) is 2.94. The van der Waals surface area contributed by atoms with Crippen LogP contribution >= 0.6 is 24.0 Å². The van der Waals surface area contributed by atoms with E-state index in [9.17, 15) is 0 Å². The van der Waals surface area contributed by atoms with Gasteiger partial charge in [-0.05, 0) is 44.4 Å². The fraction of sp³-hybridized carbons (Fsp3) is 0.941. The Morgan fingerprint density at radius 3 is 2.65 bits per heavy atom. The summed E-state index contributed by atoms with van der Waals surface area (Å²) < 4.78 is 11.0. The number of ether oxygens (including phenoxy) is 2. The Hall–Kier alpha value is -0.0800. The molecule has 136 valence electrons. The number of nitrogens with zero attached hydrogens (tertiary/aromatic N) is 1. The topological polar surface area (TPSA) is 54.9 Å². The van der Waals surface area contributed by atoms with Crippen LogP contribution in [0.15, 0.2) is 4.99 Å². The SMILES string of the molecule is CCNC(=NCC1(CCOC)CCCC1)NCC1CCCO1.I. The Bertz CT molecular complexity index is 341. The van der Waals surface area contributed by atoms with E-state index in [0.29, 0.717) is 11.5 Å². The van der Waals surface area contributed by atoms with E-state index in [-0.39, 0.29) is 24.0 Å². The van der Waals surface area contributed by atoms with Gasteiger partial charge in [-0.2, -0.15) is 0 Å². The van der Waals surface area contributed by atoms with Crippen LogP contribution in [-0.4, -0.2) is 52.0 Å². The van der Waals surface area contributed by atoms with E-state index in [2.05, 4.69) is 17.6 Å². The van der Waals surface area contributed by atoms with Crippen LogP contribution < -0.4 is 10.6 Å². The van der Waals surface area contributed by atoms with Gasteiger partial charge in [-0.15, -0.1) is 24.0 Å². The minimum absolute atomic E-state index is 0. The Morgan fingerprint density at radius 1 is 1.26 bits per heavy atom. The molecule has 1 aliphatic heterocycles. The minimum atomic E-state index is 0. The first-order valence-electron chi connectivity index (χ1n) is 8.91. The Kier molecular flexibility index (Phi) is 10.5. The monoisotopic (exact) mass is 439 g/mol. The van der Waals surface area contributed by atoms with Crippen LogP contribution in [0.4, 0.5) is 0 Å². The molecule has 1 aliphatic carbocycles. The van der Waals surface area contributed by atoms with Gasteiger partial charge in [-0.3, -0.25) is 4.99 Å². The molecule has 23 heavy (non-hydrogen) atoms. The van der Waals surface area contributed by atoms with Crippen molar-refractivity contribution in [3.63, 3.8) is 0 Å². The van der Waals surface area contributed by atoms with Crippen molar-refractivity contribution in [2.24, 2.45) is 10.4 Å². The largest absolute Gasteiger partial charge is 0.385 e. The van der Waals surface area contributed by atoms with Gasteiger partial charge in [0, 0.05) is 40.0 Å². The number of rotatable bonds is 8. The fourth-order valence-corrected chi connectivity index (χ4v) is 3.54. The molecular weight excluding hydrogens is 405 g/mol. The van der Waals surface area contributed by atoms with Crippen LogP contribution in [0, 0.1) is 5.41 Å². The molecule has 0 spiro atoms. The second-order valence-corrected chi connectivity index (χ2v) is 6.66. The third kappa shape index (κ3) is 7.13. The van der Waals surface area contributed by atoms with Crippen molar-refractivity contribution >= 4 is 29.9 Å². The summed E-state index contributed by atoms with van der Waals surface area (Å²) in [6.07, 6.45) is 9.04. The maximum Gasteiger partial charge on any atom is 0.191 e. The van der Waals surface area contributed by atoms with Crippen molar-refractivity contribution in [1.82, 2.24) is 10.6 Å². The average Bonchev–Trinajstić information content (AvgIpc) is 3.20. The van der Waals surface area contributed by atoms with E-state index in [1.54, 1.807) is 7.11 Å². The van der Waals surface area contributed by atoms with Crippen LogP contribution in [0.25, 0.3) is 0 Å². The molecule has 6 heteroatoms. The lowest BCUT2D eigenvalue weighted by molar-refractivity contribution is 0.113. The maximum atomic E-state index is 5.67. The second kappa shape index (κ2) is 11.5. The summed E-state index contributed by atoms with van der Waals surface area (Å²) in [4.78, 5) is 4.86. The summed E-state index contributed by atoms with van der Waals surface area (Å²) in [5, 5.41) is 6.80. The molecule has 2 aliphatic rings. The van der Waals surface area contributed by atoms with Gasteiger partial charge in [0.15, 0.2) is 5.96 Å². The van der Waals surface area contributed by atoms with Gasteiger partial charge in [-0.1, -0.05) is 12.8 Å². The number of hydrogen-bond acceptors (Lipinski definition) is 3. The highest BCUT2D eigenvalue weighted by Gasteiger charge is 2.33. The van der Waals surface area contributed by atoms with Crippen LogP contribution in [-0.2, 0) is 9.47 Å². The van der Waals surface area contributed by atoms with Gasteiger partial charge in [0.1, 0.15) is 0 Å². The van der Waals surface area contributed by atoms with Gasteiger partial charge in [0.2, 0.25) is 0 Å². The molecule has 0 aromatic rings. The van der Waals surface area contributed by atoms with Crippen LogP contribution in [0.3, 0.4) is 0 Å². The highest BCUT2D eigenvalue weighted by atomic mass is 127.